The summed E-state index contributed by atoms with van der Waals surface area (Å²) in [6.07, 6.45) is 4.26. The number of rotatable bonds is 7. The Kier molecular flexibility index (Phi) is 6.10. The van der Waals surface area contributed by atoms with Gasteiger partial charge in [0.15, 0.2) is 0 Å². The van der Waals surface area contributed by atoms with Gasteiger partial charge in [-0.3, -0.25) is 0 Å². The van der Waals surface area contributed by atoms with Crippen molar-refractivity contribution in [1.82, 2.24) is 25.2 Å². The van der Waals surface area contributed by atoms with Crippen molar-refractivity contribution in [2.75, 3.05) is 19.7 Å². The average molecular weight is 317 g/mol. The number of amides is 2. The number of hydrogen-bond acceptors (Lipinski definition) is 4. The smallest absolute Gasteiger partial charge is 0.317 e. The molecule has 0 radical (unpaired) electrons. The fourth-order valence-corrected chi connectivity index (χ4v) is 2.33. The Balaban J connectivity index is 1.99. The first-order chi connectivity index (χ1) is 11.2. The predicted molar refractivity (Wildman–Crippen MR) is 87.3 cm³/mol. The Morgan fingerprint density at radius 2 is 2.09 bits per heavy atom. The highest BCUT2D eigenvalue weighted by atomic mass is 16.3. The molecule has 2 amide bonds. The van der Waals surface area contributed by atoms with Crippen LogP contribution in [0, 0.1) is 0 Å². The van der Waals surface area contributed by atoms with Crippen molar-refractivity contribution in [2.45, 2.75) is 26.3 Å². The minimum atomic E-state index is -0.159. The number of aliphatic hydroxyl groups excluding tert-OH is 1. The van der Waals surface area contributed by atoms with Gasteiger partial charge < -0.3 is 15.3 Å². The van der Waals surface area contributed by atoms with Crippen molar-refractivity contribution in [3.05, 3.63) is 42.2 Å². The van der Waals surface area contributed by atoms with E-state index >= 15 is 0 Å². The Bertz CT molecular complexity index is 591. The number of aliphatic hydroxyl groups is 1. The topological polar surface area (TPSA) is 83.3 Å². The zero-order valence-electron chi connectivity index (χ0n) is 13.5. The zero-order chi connectivity index (χ0) is 16.7. The SMILES string of the molecule is CCCN(CCO)C(=O)NC(C)c1ccc(-n2ccnn2)cc1. The summed E-state index contributed by atoms with van der Waals surface area (Å²) in [5.41, 5.74) is 1.92. The van der Waals surface area contributed by atoms with Crippen molar-refractivity contribution in [3.8, 4) is 5.69 Å². The molecule has 0 aliphatic heterocycles. The third kappa shape index (κ3) is 4.53. The summed E-state index contributed by atoms with van der Waals surface area (Å²) in [6.45, 7) is 4.88. The standard InChI is InChI=1S/C16H23N5O2/c1-3-9-20(11-12-22)16(23)18-13(2)14-4-6-15(7-5-14)21-10-8-17-19-21/h4-8,10,13,22H,3,9,11-12H2,1-2H3,(H,18,23). The number of carbonyl (C=O) groups is 1. The highest BCUT2D eigenvalue weighted by molar-refractivity contribution is 5.74. The maximum absolute atomic E-state index is 12.2. The minimum absolute atomic E-state index is 0.0333. The second-order valence-corrected chi connectivity index (χ2v) is 5.32. The summed E-state index contributed by atoms with van der Waals surface area (Å²) in [4.78, 5) is 13.9. The molecule has 1 aromatic heterocycles. The minimum Gasteiger partial charge on any atom is -0.395 e. The Morgan fingerprint density at radius 3 is 2.65 bits per heavy atom. The number of carbonyl (C=O) groups excluding carboxylic acids is 1. The van der Waals surface area contributed by atoms with Gasteiger partial charge in [0.2, 0.25) is 0 Å². The summed E-state index contributed by atoms with van der Waals surface area (Å²) < 4.78 is 1.68. The van der Waals surface area contributed by atoms with Crippen LogP contribution in [0.1, 0.15) is 31.9 Å². The first kappa shape index (κ1) is 17.0. The highest BCUT2D eigenvalue weighted by Gasteiger charge is 2.15. The van der Waals surface area contributed by atoms with Crippen LogP contribution < -0.4 is 5.32 Å². The van der Waals surface area contributed by atoms with Gasteiger partial charge in [0.1, 0.15) is 0 Å². The monoisotopic (exact) mass is 317 g/mol. The lowest BCUT2D eigenvalue weighted by Gasteiger charge is -2.24. The van der Waals surface area contributed by atoms with E-state index in [0.717, 1.165) is 17.7 Å². The van der Waals surface area contributed by atoms with Crippen LogP contribution in [0.4, 0.5) is 4.79 Å². The third-order valence-corrected chi connectivity index (χ3v) is 3.57. The van der Waals surface area contributed by atoms with E-state index in [0.29, 0.717) is 13.1 Å². The van der Waals surface area contributed by atoms with Crippen LogP contribution in [0.25, 0.3) is 5.69 Å². The summed E-state index contributed by atoms with van der Waals surface area (Å²) in [6, 6.07) is 7.50. The molecule has 7 heteroatoms. The number of benzene rings is 1. The van der Waals surface area contributed by atoms with E-state index in [-0.39, 0.29) is 18.7 Å². The van der Waals surface area contributed by atoms with E-state index < -0.39 is 0 Å². The molecule has 0 saturated heterocycles. The largest absolute Gasteiger partial charge is 0.395 e. The van der Waals surface area contributed by atoms with E-state index in [9.17, 15) is 4.79 Å². The van der Waals surface area contributed by atoms with Crippen molar-refractivity contribution in [3.63, 3.8) is 0 Å². The molecule has 2 aromatic rings. The van der Waals surface area contributed by atoms with E-state index in [1.165, 1.54) is 0 Å². The average Bonchev–Trinajstić information content (AvgIpc) is 3.09. The van der Waals surface area contributed by atoms with E-state index in [1.807, 2.05) is 38.1 Å². The molecule has 0 spiro atoms. The molecule has 2 N–H and O–H groups in total. The van der Waals surface area contributed by atoms with Crippen LogP contribution in [-0.4, -0.2) is 50.7 Å². The molecule has 124 valence electrons. The van der Waals surface area contributed by atoms with E-state index in [4.69, 9.17) is 5.11 Å². The van der Waals surface area contributed by atoms with Gasteiger partial charge in [-0.1, -0.05) is 24.3 Å². The molecule has 0 aliphatic carbocycles. The zero-order valence-corrected chi connectivity index (χ0v) is 13.5. The summed E-state index contributed by atoms with van der Waals surface area (Å²) >= 11 is 0. The van der Waals surface area contributed by atoms with E-state index in [1.54, 1.807) is 22.0 Å². The Hall–Kier alpha value is -2.41. The van der Waals surface area contributed by atoms with Gasteiger partial charge >= 0.3 is 6.03 Å². The molecular weight excluding hydrogens is 294 g/mol. The van der Waals surface area contributed by atoms with Gasteiger partial charge in [-0.2, -0.15) is 0 Å². The first-order valence-corrected chi connectivity index (χ1v) is 7.78. The Labute approximate surface area is 135 Å². The molecule has 2 rings (SSSR count). The van der Waals surface area contributed by atoms with Crippen molar-refractivity contribution in [2.24, 2.45) is 0 Å². The van der Waals surface area contributed by atoms with Crippen LogP contribution in [0.3, 0.4) is 0 Å². The predicted octanol–water partition coefficient (Wildman–Crippen LogP) is 1.74. The van der Waals surface area contributed by atoms with Crippen molar-refractivity contribution >= 4 is 6.03 Å². The summed E-state index contributed by atoms with van der Waals surface area (Å²) in [5.74, 6) is 0. The number of nitrogens with zero attached hydrogens (tertiary/aromatic N) is 4. The lowest BCUT2D eigenvalue weighted by Crippen LogP contribution is -2.42. The quantitative estimate of drug-likeness (QED) is 0.815. The van der Waals surface area contributed by atoms with Gasteiger partial charge in [0, 0.05) is 13.1 Å². The lowest BCUT2D eigenvalue weighted by molar-refractivity contribution is 0.174. The summed E-state index contributed by atoms with van der Waals surface area (Å²) in [7, 11) is 0. The van der Waals surface area contributed by atoms with E-state index in [2.05, 4.69) is 15.6 Å². The number of urea groups is 1. The van der Waals surface area contributed by atoms with Gasteiger partial charge in [-0.15, -0.1) is 5.10 Å². The van der Waals surface area contributed by atoms with Gasteiger partial charge in [0.25, 0.3) is 0 Å². The Morgan fingerprint density at radius 1 is 1.35 bits per heavy atom. The van der Waals surface area contributed by atoms with Gasteiger partial charge in [0.05, 0.1) is 30.7 Å². The van der Waals surface area contributed by atoms with Crippen molar-refractivity contribution < 1.29 is 9.90 Å². The number of hydrogen-bond donors (Lipinski definition) is 2. The molecule has 0 bridgehead atoms. The van der Waals surface area contributed by atoms with Gasteiger partial charge in [-0.25, -0.2) is 9.48 Å². The van der Waals surface area contributed by atoms with Crippen LogP contribution in [0.15, 0.2) is 36.7 Å². The molecule has 0 fully saturated rings. The third-order valence-electron chi connectivity index (χ3n) is 3.57. The molecular formula is C16H23N5O2. The fraction of sp³-hybridized carbons (Fsp3) is 0.438. The highest BCUT2D eigenvalue weighted by Crippen LogP contribution is 2.15. The van der Waals surface area contributed by atoms with Crippen molar-refractivity contribution in [1.29, 1.82) is 0 Å². The first-order valence-electron chi connectivity index (χ1n) is 7.78. The molecule has 1 heterocycles. The maximum atomic E-state index is 12.2. The molecule has 1 aromatic carbocycles. The number of aromatic nitrogens is 3. The molecule has 7 nitrogen and oxygen atoms in total. The summed E-state index contributed by atoms with van der Waals surface area (Å²) in [5, 5.41) is 19.7. The molecule has 23 heavy (non-hydrogen) atoms. The van der Waals surface area contributed by atoms with Crippen LogP contribution in [0.2, 0.25) is 0 Å². The lowest BCUT2D eigenvalue weighted by atomic mass is 10.1. The number of nitrogens with one attached hydrogen (secondary N) is 1. The van der Waals surface area contributed by atoms with Crippen LogP contribution in [-0.2, 0) is 0 Å². The molecule has 1 atom stereocenters. The normalized spacial score (nSPS) is 12.0. The second-order valence-electron chi connectivity index (χ2n) is 5.32. The fourth-order valence-electron chi connectivity index (χ4n) is 2.33. The molecule has 0 saturated carbocycles. The molecule has 1 unspecified atom stereocenters. The van der Waals surface area contributed by atoms with Gasteiger partial charge in [-0.05, 0) is 31.0 Å². The maximum Gasteiger partial charge on any atom is 0.317 e. The van der Waals surface area contributed by atoms with Crippen LogP contribution in [0.5, 0.6) is 0 Å². The van der Waals surface area contributed by atoms with Crippen LogP contribution >= 0.6 is 0 Å². The molecule has 0 aliphatic rings. The second kappa shape index (κ2) is 8.28.